The van der Waals surface area contributed by atoms with Crippen molar-refractivity contribution in [2.24, 2.45) is 17.3 Å². The zero-order valence-electron chi connectivity index (χ0n) is 15.3. The molecule has 2 aromatic rings. The molecule has 3 saturated carbocycles. The Balaban J connectivity index is 1.55. The maximum absolute atomic E-state index is 12.6. The summed E-state index contributed by atoms with van der Waals surface area (Å²) in [5.41, 5.74) is 0.860. The van der Waals surface area contributed by atoms with Gasteiger partial charge >= 0.3 is 5.97 Å². The summed E-state index contributed by atoms with van der Waals surface area (Å²) in [6.45, 7) is 6.76. The van der Waals surface area contributed by atoms with E-state index in [-0.39, 0.29) is 17.0 Å². The normalized spacial score (nSPS) is 30.2. The van der Waals surface area contributed by atoms with Gasteiger partial charge in [-0.15, -0.1) is 0 Å². The van der Waals surface area contributed by atoms with Crippen LogP contribution in [0.15, 0.2) is 48.5 Å². The number of carbonyl (C=O) groups excluding carboxylic acids is 1. The standard InChI is InChI=1S/C23H26O2/c1-16-11-13-19-15-23(16,22(19,2)3)25-21(24)14-12-18-9-6-8-17-7-4-5-10-20(17)18/h4-10,12,14,16,19H,11,13,15H2,1-3H3. The monoisotopic (exact) mass is 334 g/mol. The minimum absolute atomic E-state index is 0.0909. The molecular formula is C23H26O2. The van der Waals surface area contributed by atoms with Crippen LogP contribution in [0.1, 0.15) is 45.6 Å². The Morgan fingerprint density at radius 2 is 1.88 bits per heavy atom. The molecule has 0 aromatic heterocycles. The van der Waals surface area contributed by atoms with E-state index in [0.29, 0.717) is 11.8 Å². The zero-order valence-corrected chi connectivity index (χ0v) is 15.3. The zero-order chi connectivity index (χ0) is 17.7. The van der Waals surface area contributed by atoms with Gasteiger partial charge in [-0.1, -0.05) is 63.2 Å². The van der Waals surface area contributed by atoms with Gasteiger partial charge < -0.3 is 4.74 Å². The summed E-state index contributed by atoms with van der Waals surface area (Å²) in [6.07, 6.45) is 6.93. The van der Waals surface area contributed by atoms with Crippen LogP contribution in [-0.4, -0.2) is 11.6 Å². The first-order valence-electron chi connectivity index (χ1n) is 9.33. The van der Waals surface area contributed by atoms with Gasteiger partial charge in [-0.2, -0.15) is 0 Å². The van der Waals surface area contributed by atoms with Crippen LogP contribution < -0.4 is 0 Å². The topological polar surface area (TPSA) is 26.3 Å². The Morgan fingerprint density at radius 3 is 2.64 bits per heavy atom. The molecule has 3 aliphatic rings. The summed E-state index contributed by atoms with van der Waals surface area (Å²) in [4.78, 5) is 12.6. The number of rotatable bonds is 3. The number of carbonyl (C=O) groups is 1. The highest BCUT2D eigenvalue weighted by atomic mass is 16.6. The molecule has 3 aliphatic carbocycles. The van der Waals surface area contributed by atoms with Crippen LogP contribution in [-0.2, 0) is 9.53 Å². The Kier molecular flexibility index (Phi) is 3.75. The number of benzene rings is 2. The Morgan fingerprint density at radius 1 is 1.12 bits per heavy atom. The summed E-state index contributed by atoms with van der Waals surface area (Å²) >= 11 is 0. The maximum atomic E-state index is 12.6. The van der Waals surface area contributed by atoms with Gasteiger partial charge in [-0.25, -0.2) is 4.79 Å². The van der Waals surface area contributed by atoms with E-state index in [4.69, 9.17) is 4.74 Å². The smallest absolute Gasteiger partial charge is 0.331 e. The molecule has 0 aliphatic heterocycles. The van der Waals surface area contributed by atoms with Crippen molar-refractivity contribution in [3.63, 3.8) is 0 Å². The minimum atomic E-state index is -0.282. The highest BCUT2D eigenvalue weighted by Gasteiger charge is 2.67. The van der Waals surface area contributed by atoms with Gasteiger partial charge in [0.25, 0.3) is 0 Å². The van der Waals surface area contributed by atoms with Gasteiger partial charge in [0, 0.05) is 11.5 Å². The van der Waals surface area contributed by atoms with Crippen molar-refractivity contribution in [1.82, 2.24) is 0 Å². The molecule has 0 N–H and O–H groups in total. The highest BCUT2D eigenvalue weighted by molar-refractivity contribution is 5.94. The second kappa shape index (κ2) is 5.72. The molecule has 3 unspecified atom stereocenters. The minimum Gasteiger partial charge on any atom is -0.455 e. The summed E-state index contributed by atoms with van der Waals surface area (Å²) in [5.74, 6) is 0.911. The third kappa shape index (κ3) is 2.42. The molecule has 25 heavy (non-hydrogen) atoms. The van der Waals surface area contributed by atoms with Crippen molar-refractivity contribution in [2.75, 3.05) is 0 Å². The first-order valence-corrected chi connectivity index (χ1v) is 9.33. The molecular weight excluding hydrogens is 308 g/mol. The van der Waals surface area contributed by atoms with Crippen molar-refractivity contribution < 1.29 is 9.53 Å². The maximum Gasteiger partial charge on any atom is 0.331 e. The molecule has 0 saturated heterocycles. The molecule has 2 nitrogen and oxygen atoms in total. The second-order valence-electron chi connectivity index (χ2n) is 8.31. The lowest BCUT2D eigenvalue weighted by Crippen LogP contribution is -2.68. The van der Waals surface area contributed by atoms with Gasteiger partial charge in [0.15, 0.2) is 0 Å². The number of ether oxygens (including phenoxy) is 1. The fraction of sp³-hybridized carbons (Fsp3) is 0.435. The predicted octanol–water partition coefficient (Wildman–Crippen LogP) is 5.61. The van der Waals surface area contributed by atoms with Crippen LogP contribution in [0.25, 0.3) is 16.8 Å². The lowest BCUT2D eigenvalue weighted by Gasteiger charge is -2.66. The first kappa shape index (κ1) is 16.4. The van der Waals surface area contributed by atoms with Crippen molar-refractivity contribution in [3.8, 4) is 0 Å². The SMILES string of the molecule is CC1CCC2CC1(OC(=O)C=Cc1cccc3ccccc13)C2(C)C. The molecule has 5 rings (SSSR count). The highest BCUT2D eigenvalue weighted by Crippen LogP contribution is 2.65. The number of esters is 1. The molecule has 3 atom stereocenters. The van der Waals surface area contributed by atoms with Gasteiger partial charge in [-0.3, -0.25) is 0 Å². The van der Waals surface area contributed by atoms with Gasteiger partial charge in [0.2, 0.25) is 0 Å². The molecule has 0 amide bonds. The average molecular weight is 334 g/mol. The van der Waals surface area contributed by atoms with Gasteiger partial charge in [0.1, 0.15) is 5.60 Å². The van der Waals surface area contributed by atoms with E-state index in [9.17, 15) is 4.79 Å². The van der Waals surface area contributed by atoms with Crippen LogP contribution >= 0.6 is 0 Å². The average Bonchev–Trinajstić information content (AvgIpc) is 2.61. The number of hydrogen-bond acceptors (Lipinski definition) is 2. The quantitative estimate of drug-likeness (QED) is 0.538. The number of fused-ring (bicyclic) bond motifs is 3. The van der Waals surface area contributed by atoms with Crippen LogP contribution in [0.4, 0.5) is 0 Å². The third-order valence-corrected chi connectivity index (χ3v) is 6.91. The Labute approximate surface area is 149 Å². The molecule has 3 fully saturated rings. The molecule has 2 heteroatoms. The summed E-state index contributed by atoms with van der Waals surface area (Å²) < 4.78 is 6.08. The van der Waals surface area contributed by atoms with E-state index in [0.717, 1.165) is 23.8 Å². The predicted molar refractivity (Wildman–Crippen MR) is 102 cm³/mol. The van der Waals surface area contributed by atoms with E-state index in [2.05, 4.69) is 39.0 Å². The van der Waals surface area contributed by atoms with Gasteiger partial charge in [-0.05, 0) is 53.5 Å². The van der Waals surface area contributed by atoms with Crippen molar-refractivity contribution in [2.45, 2.75) is 45.6 Å². The van der Waals surface area contributed by atoms with Crippen LogP contribution in [0.5, 0.6) is 0 Å². The van der Waals surface area contributed by atoms with E-state index < -0.39 is 0 Å². The lowest BCUT2D eigenvalue weighted by atomic mass is 9.42. The van der Waals surface area contributed by atoms with E-state index in [1.165, 1.54) is 11.8 Å². The van der Waals surface area contributed by atoms with Crippen molar-refractivity contribution >= 4 is 22.8 Å². The molecule has 0 heterocycles. The van der Waals surface area contributed by atoms with E-state index >= 15 is 0 Å². The van der Waals surface area contributed by atoms with E-state index in [1.54, 1.807) is 6.08 Å². The fourth-order valence-electron chi connectivity index (χ4n) is 5.12. The molecule has 0 radical (unpaired) electrons. The Bertz CT molecular complexity index is 843. The van der Waals surface area contributed by atoms with Crippen LogP contribution in [0, 0.1) is 17.3 Å². The van der Waals surface area contributed by atoms with E-state index in [1.807, 2.05) is 30.3 Å². The van der Waals surface area contributed by atoms with Crippen molar-refractivity contribution in [1.29, 1.82) is 0 Å². The first-order chi connectivity index (χ1) is 11.9. The summed E-state index contributed by atoms with van der Waals surface area (Å²) in [6, 6.07) is 14.4. The number of hydrogen-bond donors (Lipinski definition) is 0. The molecule has 0 spiro atoms. The largest absolute Gasteiger partial charge is 0.455 e. The van der Waals surface area contributed by atoms with Crippen LogP contribution in [0.3, 0.4) is 0 Å². The van der Waals surface area contributed by atoms with Gasteiger partial charge in [0.05, 0.1) is 0 Å². The molecule has 2 aromatic carbocycles. The Hall–Kier alpha value is -2.09. The third-order valence-electron chi connectivity index (χ3n) is 6.91. The molecule has 2 bridgehead atoms. The van der Waals surface area contributed by atoms with Crippen molar-refractivity contribution in [3.05, 3.63) is 54.1 Å². The molecule has 130 valence electrons. The summed E-state index contributed by atoms with van der Waals surface area (Å²) in [5, 5.41) is 2.34. The lowest BCUT2D eigenvalue weighted by molar-refractivity contribution is -0.264. The summed E-state index contributed by atoms with van der Waals surface area (Å²) in [7, 11) is 0. The van der Waals surface area contributed by atoms with Crippen LogP contribution in [0.2, 0.25) is 0 Å². The second-order valence-corrected chi connectivity index (χ2v) is 8.31. The fourth-order valence-corrected chi connectivity index (χ4v) is 5.12.